The van der Waals surface area contributed by atoms with Gasteiger partial charge < -0.3 is 14.5 Å². The van der Waals surface area contributed by atoms with E-state index in [2.05, 4.69) is 19.9 Å². The molecule has 0 saturated carbocycles. The Balaban J connectivity index is 1.90. The van der Waals surface area contributed by atoms with Gasteiger partial charge in [0.15, 0.2) is 17.1 Å². The van der Waals surface area contributed by atoms with Crippen LogP contribution >= 0.6 is 0 Å². The zero-order valence-electron chi connectivity index (χ0n) is 20.2. The fourth-order valence-corrected chi connectivity index (χ4v) is 5.14. The van der Waals surface area contributed by atoms with Crippen LogP contribution in [0.2, 0.25) is 0 Å². The van der Waals surface area contributed by atoms with Crippen LogP contribution in [0, 0.1) is 13.8 Å². The van der Waals surface area contributed by atoms with Crippen LogP contribution in [-0.2, 0) is 9.84 Å². The second-order valence-electron chi connectivity index (χ2n) is 8.27. The average molecular weight is 498 g/mol. The summed E-state index contributed by atoms with van der Waals surface area (Å²) in [6.45, 7) is 6.00. The summed E-state index contributed by atoms with van der Waals surface area (Å²) in [5.41, 5.74) is 4.10. The van der Waals surface area contributed by atoms with Crippen LogP contribution in [-0.4, -0.2) is 58.6 Å². The molecule has 3 aromatic heterocycles. The molecule has 1 aromatic carbocycles. The third kappa shape index (κ3) is 4.90. The highest BCUT2D eigenvalue weighted by Gasteiger charge is 2.26. The van der Waals surface area contributed by atoms with E-state index in [0.29, 0.717) is 34.8 Å². The maximum atomic E-state index is 13.1. The Kier molecular flexibility index (Phi) is 6.62. The summed E-state index contributed by atoms with van der Waals surface area (Å²) >= 11 is 0. The van der Waals surface area contributed by atoms with Gasteiger partial charge in [-0.15, -0.1) is 0 Å². The fourth-order valence-electron chi connectivity index (χ4n) is 4.23. The number of hydrogen-bond acceptors (Lipinski definition) is 8. The normalized spacial score (nSPS) is 12.6. The number of benzene rings is 1. The van der Waals surface area contributed by atoms with Crippen LogP contribution in [0.1, 0.15) is 29.9 Å². The van der Waals surface area contributed by atoms with E-state index in [9.17, 15) is 13.2 Å². The second kappa shape index (κ2) is 9.49. The molecule has 0 fully saturated rings. The number of H-pyrrole nitrogens is 1. The molecular formula is C24H27N5O5S. The molecule has 0 aliphatic heterocycles. The Hall–Kier alpha value is -3.73. The number of rotatable bonds is 8. The van der Waals surface area contributed by atoms with Crippen molar-refractivity contribution >= 4 is 21.0 Å². The van der Waals surface area contributed by atoms with E-state index >= 15 is 0 Å². The first-order chi connectivity index (χ1) is 16.6. The first-order valence-corrected chi connectivity index (χ1v) is 13.1. The van der Waals surface area contributed by atoms with E-state index in [0.717, 1.165) is 28.8 Å². The number of nitrogens with zero attached hydrogens (tertiary/aromatic N) is 4. The molecule has 35 heavy (non-hydrogen) atoms. The van der Waals surface area contributed by atoms with E-state index in [1.165, 1.54) is 18.0 Å². The molecule has 4 aromatic rings. The summed E-state index contributed by atoms with van der Waals surface area (Å²) in [4.78, 5) is 29.0. The molecule has 4 rings (SSSR count). The number of hydrogen-bond donors (Lipinski definition) is 1. The number of aromatic amines is 1. The maximum Gasteiger partial charge on any atom is 0.328 e. The van der Waals surface area contributed by atoms with E-state index in [1.807, 2.05) is 20.8 Å². The summed E-state index contributed by atoms with van der Waals surface area (Å²) in [6.07, 6.45) is 4.28. The fraction of sp³-hybridized carbons (Fsp3) is 0.333. The topological polar surface area (TPSA) is 129 Å². The van der Waals surface area contributed by atoms with Crippen LogP contribution in [0.15, 0.2) is 41.6 Å². The van der Waals surface area contributed by atoms with Gasteiger partial charge in [0.1, 0.15) is 16.2 Å². The molecule has 0 amide bonds. The summed E-state index contributed by atoms with van der Waals surface area (Å²) in [7, 11) is -1.95. The molecule has 1 N–H and O–H groups in total. The number of imidazole rings is 1. The number of ether oxygens (including phenoxy) is 2. The van der Waals surface area contributed by atoms with E-state index in [1.54, 1.807) is 30.5 Å². The van der Waals surface area contributed by atoms with Crippen molar-refractivity contribution in [3.63, 3.8) is 0 Å². The van der Waals surface area contributed by atoms with Crippen molar-refractivity contribution < 1.29 is 17.9 Å². The summed E-state index contributed by atoms with van der Waals surface area (Å²) < 4.78 is 37.2. The Morgan fingerprint density at radius 2 is 1.80 bits per heavy atom. The van der Waals surface area contributed by atoms with Crippen molar-refractivity contribution in [2.75, 3.05) is 25.7 Å². The molecule has 0 saturated heterocycles. The van der Waals surface area contributed by atoms with Gasteiger partial charge >= 0.3 is 5.69 Å². The van der Waals surface area contributed by atoms with Crippen molar-refractivity contribution in [1.82, 2.24) is 24.5 Å². The van der Waals surface area contributed by atoms with Gasteiger partial charge in [0, 0.05) is 35.0 Å². The van der Waals surface area contributed by atoms with Crippen LogP contribution in [0.4, 0.5) is 0 Å². The molecule has 184 valence electrons. The van der Waals surface area contributed by atoms with E-state index in [4.69, 9.17) is 9.47 Å². The van der Waals surface area contributed by atoms with Crippen LogP contribution in [0.5, 0.6) is 11.5 Å². The van der Waals surface area contributed by atoms with Crippen molar-refractivity contribution in [2.45, 2.75) is 26.8 Å². The molecule has 0 spiro atoms. The summed E-state index contributed by atoms with van der Waals surface area (Å²) in [6, 6.07) is 6.09. The molecule has 0 bridgehead atoms. The Morgan fingerprint density at radius 3 is 2.43 bits per heavy atom. The minimum absolute atomic E-state index is 0.300. The highest BCUT2D eigenvalue weighted by Crippen LogP contribution is 2.33. The number of aromatic nitrogens is 5. The smallest absolute Gasteiger partial charge is 0.328 e. The quantitative estimate of drug-likeness (QED) is 0.393. The van der Waals surface area contributed by atoms with Gasteiger partial charge in [-0.3, -0.25) is 4.57 Å². The number of pyridine rings is 1. The molecule has 3 heterocycles. The van der Waals surface area contributed by atoms with Crippen LogP contribution < -0.4 is 15.2 Å². The summed E-state index contributed by atoms with van der Waals surface area (Å²) in [5.74, 6) is 0.675. The van der Waals surface area contributed by atoms with Gasteiger partial charge in [-0.2, -0.15) is 0 Å². The Labute approximate surface area is 202 Å². The molecule has 10 nitrogen and oxygen atoms in total. The van der Waals surface area contributed by atoms with Crippen molar-refractivity contribution in [1.29, 1.82) is 0 Å². The zero-order chi connectivity index (χ0) is 25.3. The number of fused-ring (bicyclic) bond motifs is 1. The van der Waals surface area contributed by atoms with Gasteiger partial charge in [-0.25, -0.2) is 28.2 Å². The highest BCUT2D eigenvalue weighted by molar-refractivity contribution is 7.90. The maximum absolute atomic E-state index is 13.1. The number of aryl methyl sites for hydroxylation is 2. The lowest BCUT2D eigenvalue weighted by molar-refractivity contribution is 0.310. The lowest BCUT2D eigenvalue weighted by atomic mass is 10.0. The number of sulfone groups is 1. The third-order valence-electron chi connectivity index (χ3n) is 5.71. The lowest BCUT2D eigenvalue weighted by Crippen LogP contribution is -2.28. The lowest BCUT2D eigenvalue weighted by Gasteiger charge is -2.20. The largest absolute Gasteiger partial charge is 0.493 e. The SMILES string of the molecule is CCOc1cc([C@H](CS(C)(=O)=O)n2c(=O)[nH]c3cc(-c4c(C)ncnc4C)cnc32)ccc1OC. The molecule has 0 radical (unpaired) electrons. The minimum atomic E-state index is -3.48. The second-order valence-corrected chi connectivity index (χ2v) is 10.5. The molecule has 1 atom stereocenters. The molecule has 0 aliphatic rings. The summed E-state index contributed by atoms with van der Waals surface area (Å²) in [5, 5.41) is 0. The van der Waals surface area contributed by atoms with Gasteiger partial charge in [-0.05, 0) is 44.5 Å². The molecule has 11 heteroatoms. The van der Waals surface area contributed by atoms with Crippen LogP contribution in [0.3, 0.4) is 0 Å². The van der Waals surface area contributed by atoms with Crippen molar-refractivity contribution in [2.24, 2.45) is 0 Å². The number of methoxy groups -OCH3 is 1. The first kappa shape index (κ1) is 24.4. The van der Waals surface area contributed by atoms with Gasteiger partial charge in [-0.1, -0.05) is 6.07 Å². The standard InChI is InChI=1S/C24H27N5O5S/c1-6-34-21-10-16(7-8-20(21)33-4)19(12-35(5,31)32)29-23-18(28-24(29)30)9-17(11-25-23)22-14(2)26-13-27-15(22)3/h7-11,13,19H,6,12H2,1-5H3,(H,28,30)/t19-/m0/s1. The predicted molar refractivity (Wildman–Crippen MR) is 133 cm³/mol. The molecule has 0 unspecified atom stereocenters. The van der Waals surface area contributed by atoms with Gasteiger partial charge in [0.05, 0.1) is 31.0 Å². The van der Waals surface area contributed by atoms with Crippen molar-refractivity contribution in [3.8, 4) is 22.6 Å². The minimum Gasteiger partial charge on any atom is -0.493 e. The highest BCUT2D eigenvalue weighted by atomic mass is 32.2. The van der Waals surface area contributed by atoms with E-state index in [-0.39, 0.29) is 5.75 Å². The van der Waals surface area contributed by atoms with Gasteiger partial charge in [0.2, 0.25) is 0 Å². The van der Waals surface area contributed by atoms with Crippen LogP contribution in [0.25, 0.3) is 22.3 Å². The van der Waals surface area contributed by atoms with Gasteiger partial charge in [0.25, 0.3) is 0 Å². The van der Waals surface area contributed by atoms with E-state index < -0.39 is 21.6 Å². The molecule has 0 aliphatic carbocycles. The Bertz CT molecular complexity index is 1540. The molecular weight excluding hydrogens is 470 g/mol. The monoisotopic (exact) mass is 497 g/mol. The average Bonchev–Trinajstić information content (AvgIpc) is 3.12. The first-order valence-electron chi connectivity index (χ1n) is 11.0. The third-order valence-corrected chi connectivity index (χ3v) is 6.64. The van der Waals surface area contributed by atoms with Crippen molar-refractivity contribution in [3.05, 3.63) is 64.2 Å². The predicted octanol–water partition coefficient (Wildman–Crippen LogP) is 2.84. The zero-order valence-corrected chi connectivity index (χ0v) is 21.0. The Morgan fingerprint density at radius 1 is 1.09 bits per heavy atom. The number of nitrogens with one attached hydrogen (secondary N) is 1.